The maximum Gasteiger partial charge on any atom is 0.135 e. The van der Waals surface area contributed by atoms with Crippen molar-refractivity contribution >= 4 is 185 Å². The van der Waals surface area contributed by atoms with Crippen LogP contribution in [-0.4, -0.2) is 28.2 Å². The van der Waals surface area contributed by atoms with Crippen LogP contribution < -0.4 is 0 Å². The van der Waals surface area contributed by atoms with Crippen molar-refractivity contribution in [2.75, 3.05) is 0 Å². The lowest BCUT2D eigenvalue weighted by atomic mass is 9.95. The van der Waals surface area contributed by atoms with Crippen molar-refractivity contribution in [2.24, 2.45) is 0 Å². The molecule has 0 aliphatic rings. The molecular weight excluding hydrogens is 1730 g/mol. The average molecular weight is 1810 g/mol. The second kappa shape index (κ2) is 32.7. The number of benzene rings is 20. The van der Waals surface area contributed by atoms with Gasteiger partial charge in [-0.1, -0.05) is 279 Å². The number of thiophene rings is 1. The molecule has 0 bridgehead atoms. The van der Waals surface area contributed by atoms with E-state index in [1.807, 2.05) is 60.4 Å². The van der Waals surface area contributed by atoms with Crippen molar-refractivity contribution in [3.8, 4) is 101 Å². The van der Waals surface area contributed by atoms with Crippen LogP contribution in [0.3, 0.4) is 0 Å². The summed E-state index contributed by atoms with van der Waals surface area (Å²) >= 11 is 1.85. The van der Waals surface area contributed by atoms with E-state index in [1.165, 1.54) is 130 Å². The summed E-state index contributed by atoms with van der Waals surface area (Å²) in [6, 6.07) is 165. The Balaban J connectivity index is 0.000000103. The Kier molecular flexibility index (Phi) is 18.7. The van der Waals surface area contributed by atoms with E-state index in [1.54, 1.807) is 0 Å². The topological polar surface area (TPSA) is 84.9 Å². The molecule has 0 atom stereocenters. The molecule has 0 N–H and O–H groups in total. The van der Waals surface area contributed by atoms with Gasteiger partial charge in [-0.15, -0.1) is 11.3 Å². The predicted octanol–water partition coefficient (Wildman–Crippen LogP) is 36.0. The van der Waals surface area contributed by atoms with Gasteiger partial charge in [-0.05, 0) is 260 Å². The Morgan fingerprint density at radius 3 is 0.879 bits per heavy atom. The van der Waals surface area contributed by atoms with Crippen molar-refractivity contribution in [2.45, 2.75) is 0 Å². The monoisotopic (exact) mass is 1800 g/mol. The SMILES string of the molecule is c1ccc(-c2ccc3oc4ccc(-c5cccc(-c6cccc(-n7c8ccccc8c8ccccc87)c6)c5)cc4c3c2)cc1.c1ccc2c(c1)oc1ccc(-c3ccc(-c4cc(-c5ccc6oc7ccccc7c6c5)cc(-n5c6ccccc6c6ccccc65)c4)cc3)cc12.c1ccc2c(c1)sc1ccc(-c3cc(-n4c5ccccc5c5cnccc54)cc(-n4c5ccccc5c5cnccc54)c3)cc12. The standard InChI is InChI=1S/C48H29NO2.C42H27NO.C40H24N4S/c1-5-13-43-37(9-1)38-10-2-6-14-44(38)49(43)36-26-34(25-35(27-36)33-22-24-48-42(29-33)40-12-4-8-16-46(40)51-48)31-19-17-30(18-20-31)32-21-23-47-41(28-32)39-11-3-7-15-45(39)50-47;1-2-10-28(11-3-1)32-20-22-41-37(26-32)38-27-33(21-23-42(38)44-41)30-13-8-12-29(24-30)31-14-9-15-34(25-31)43-39-18-6-4-16-35(39)36-17-5-7-19-40(36)43;1-4-10-35-29(7-1)33-23-41-17-15-37(33)43(35)27-19-26(25-13-14-40-32(21-25)31-9-3-6-12-39(31)45-40)20-28(22-27)44-36-11-5-2-8-30(36)34-24-42-18-16-38(34)44/h1-29H;1-27H;1-24H. The van der Waals surface area contributed by atoms with E-state index in [4.69, 9.17) is 13.3 Å². The third kappa shape index (κ3) is 13.4. The second-order valence-electron chi connectivity index (χ2n) is 36.3. The molecule has 0 saturated carbocycles. The molecule has 9 nitrogen and oxygen atoms in total. The van der Waals surface area contributed by atoms with Crippen LogP contribution >= 0.6 is 11.3 Å². The number of aromatic nitrogens is 6. The van der Waals surface area contributed by atoms with Gasteiger partial charge in [0.1, 0.15) is 33.5 Å². The molecule has 10 heterocycles. The van der Waals surface area contributed by atoms with E-state index < -0.39 is 0 Å². The third-order valence-corrected chi connectivity index (χ3v) is 29.4. The summed E-state index contributed by atoms with van der Waals surface area (Å²) in [6.45, 7) is 0. The Bertz CT molecular complexity index is 9920. The van der Waals surface area contributed by atoms with E-state index in [0.29, 0.717) is 0 Å². The lowest BCUT2D eigenvalue weighted by Gasteiger charge is -2.16. The van der Waals surface area contributed by atoms with Crippen LogP contribution in [0.1, 0.15) is 0 Å². The maximum atomic E-state index is 6.23. The van der Waals surface area contributed by atoms with E-state index >= 15 is 0 Å². The first-order valence-corrected chi connectivity index (χ1v) is 48.2. The molecule has 10 heteroatoms. The van der Waals surface area contributed by atoms with Crippen molar-refractivity contribution in [3.63, 3.8) is 0 Å². The molecule has 0 unspecified atom stereocenters. The summed E-state index contributed by atoms with van der Waals surface area (Å²) in [5.74, 6) is 0. The van der Waals surface area contributed by atoms with Gasteiger partial charge < -0.3 is 31.5 Å². The molecule has 30 aromatic rings. The van der Waals surface area contributed by atoms with Crippen LogP contribution in [-0.2, 0) is 0 Å². The van der Waals surface area contributed by atoms with Crippen molar-refractivity contribution < 1.29 is 13.3 Å². The molecule has 0 aliphatic carbocycles. The van der Waals surface area contributed by atoms with Gasteiger partial charge in [-0.3, -0.25) is 9.97 Å². The highest BCUT2D eigenvalue weighted by atomic mass is 32.1. The first-order valence-electron chi connectivity index (χ1n) is 47.4. The number of furan rings is 3. The Labute approximate surface area is 806 Å². The highest BCUT2D eigenvalue weighted by Crippen LogP contribution is 2.46. The number of hydrogen-bond acceptors (Lipinski definition) is 6. The molecule has 0 saturated heterocycles. The normalized spacial score (nSPS) is 11.9. The van der Waals surface area contributed by atoms with Gasteiger partial charge in [0, 0.05) is 143 Å². The van der Waals surface area contributed by atoms with Crippen LogP contribution in [0.4, 0.5) is 0 Å². The van der Waals surface area contributed by atoms with Crippen LogP contribution in [0.2, 0.25) is 0 Å². The highest BCUT2D eigenvalue weighted by Gasteiger charge is 2.24. The molecule has 0 spiro atoms. The predicted molar refractivity (Wildman–Crippen MR) is 585 cm³/mol. The van der Waals surface area contributed by atoms with Crippen LogP contribution in [0.15, 0.2) is 499 Å². The summed E-state index contributed by atoms with van der Waals surface area (Å²) in [6.07, 6.45) is 7.74. The number of rotatable bonds is 11. The zero-order chi connectivity index (χ0) is 92.0. The number of hydrogen-bond donors (Lipinski definition) is 0. The van der Waals surface area contributed by atoms with Gasteiger partial charge in [0.05, 0.1) is 44.1 Å². The fourth-order valence-corrected chi connectivity index (χ4v) is 22.8. The highest BCUT2D eigenvalue weighted by molar-refractivity contribution is 7.25. The van der Waals surface area contributed by atoms with Gasteiger partial charge >= 0.3 is 0 Å². The Hall–Kier alpha value is -18.5. The first kappa shape index (κ1) is 80.0. The fourth-order valence-electron chi connectivity index (χ4n) is 21.7. The number of pyridine rings is 2. The zero-order valence-electron chi connectivity index (χ0n) is 75.5. The third-order valence-electron chi connectivity index (χ3n) is 28.3. The molecule has 0 aliphatic heterocycles. The lowest BCUT2D eigenvalue weighted by Crippen LogP contribution is -2.00. The molecular formula is C130H80N6O3S. The summed E-state index contributed by atoms with van der Waals surface area (Å²) in [5.41, 5.74) is 35.8. The summed E-state index contributed by atoms with van der Waals surface area (Å²) in [4.78, 5) is 8.98. The fraction of sp³-hybridized carbons (Fsp3) is 0. The Morgan fingerprint density at radius 1 is 0.150 bits per heavy atom. The van der Waals surface area contributed by atoms with E-state index in [9.17, 15) is 0 Å². The molecule has 0 fully saturated rings. The Morgan fingerprint density at radius 2 is 0.414 bits per heavy atom. The minimum atomic E-state index is 0.899. The van der Waals surface area contributed by atoms with E-state index in [0.717, 1.165) is 144 Å². The van der Waals surface area contributed by atoms with Crippen LogP contribution in [0, 0.1) is 0 Å². The van der Waals surface area contributed by atoms with Crippen molar-refractivity contribution in [1.82, 2.24) is 28.2 Å². The molecule has 140 heavy (non-hydrogen) atoms. The molecule has 0 radical (unpaired) electrons. The van der Waals surface area contributed by atoms with Gasteiger partial charge in [0.2, 0.25) is 0 Å². The first-order chi connectivity index (χ1) is 69.4. The molecule has 20 aromatic carbocycles. The lowest BCUT2D eigenvalue weighted by molar-refractivity contribution is 0.668. The van der Waals surface area contributed by atoms with Gasteiger partial charge in [0.25, 0.3) is 0 Å². The largest absolute Gasteiger partial charge is 0.456 e. The number of para-hydroxylation sites is 8. The van der Waals surface area contributed by atoms with E-state index in [2.05, 4.69) is 465 Å². The maximum absolute atomic E-state index is 6.23. The van der Waals surface area contributed by atoms with Gasteiger partial charge in [-0.2, -0.15) is 0 Å². The molecule has 0 amide bonds. The number of nitrogens with zero attached hydrogens (tertiary/aromatic N) is 6. The van der Waals surface area contributed by atoms with Crippen LogP contribution in [0.25, 0.3) is 274 Å². The summed E-state index contributed by atoms with van der Waals surface area (Å²) in [7, 11) is 0. The second-order valence-corrected chi connectivity index (χ2v) is 37.3. The van der Waals surface area contributed by atoms with Crippen molar-refractivity contribution in [1.29, 1.82) is 0 Å². The van der Waals surface area contributed by atoms with Crippen LogP contribution in [0.5, 0.6) is 0 Å². The molecule has 10 aromatic heterocycles. The quantitative estimate of drug-likeness (QED) is 0.129. The minimum absolute atomic E-state index is 0.899. The minimum Gasteiger partial charge on any atom is -0.456 e. The number of fused-ring (bicyclic) bond motifs is 24. The average Bonchev–Trinajstić information content (AvgIpc) is 1.56. The smallest absolute Gasteiger partial charge is 0.135 e. The van der Waals surface area contributed by atoms with Gasteiger partial charge in [-0.25, -0.2) is 0 Å². The summed E-state index contributed by atoms with van der Waals surface area (Å²) < 4.78 is 30.7. The zero-order valence-corrected chi connectivity index (χ0v) is 76.3. The van der Waals surface area contributed by atoms with Gasteiger partial charge in [0.15, 0.2) is 0 Å². The van der Waals surface area contributed by atoms with Crippen molar-refractivity contribution in [3.05, 3.63) is 486 Å². The van der Waals surface area contributed by atoms with E-state index in [-0.39, 0.29) is 0 Å². The summed E-state index contributed by atoms with van der Waals surface area (Å²) in [5, 5.41) is 19.1. The molecule has 654 valence electrons. The molecule has 30 rings (SSSR count).